The Morgan fingerprint density at radius 3 is 2.24 bits per heavy atom. The number of hydrazone groups is 1. The highest BCUT2D eigenvalue weighted by Crippen LogP contribution is 2.16. The second kappa shape index (κ2) is 11.9. The number of non-ortho nitro benzene ring substituents is 1. The van der Waals surface area contributed by atoms with Crippen molar-refractivity contribution in [2.75, 3.05) is 5.32 Å². The van der Waals surface area contributed by atoms with E-state index in [4.69, 9.17) is 4.74 Å². The fourth-order valence-corrected chi connectivity index (χ4v) is 2.75. The van der Waals surface area contributed by atoms with Crippen LogP contribution in [0.25, 0.3) is 0 Å². The van der Waals surface area contributed by atoms with E-state index in [0.29, 0.717) is 11.4 Å². The molecular weight excluding hydrogens is 443 g/mol. The summed E-state index contributed by atoms with van der Waals surface area (Å²) in [5.41, 5.74) is 4.34. The molecule has 174 valence electrons. The molecular formula is C24H21FN4O5. The Bertz CT molecular complexity index is 1160. The highest BCUT2D eigenvalue weighted by atomic mass is 19.1. The van der Waals surface area contributed by atoms with E-state index in [1.165, 1.54) is 42.6 Å². The molecule has 0 atom stereocenters. The normalized spacial score (nSPS) is 10.6. The van der Waals surface area contributed by atoms with E-state index in [1.54, 1.807) is 36.4 Å². The van der Waals surface area contributed by atoms with Crippen LogP contribution in [0, 0.1) is 15.9 Å². The maximum atomic E-state index is 12.9. The monoisotopic (exact) mass is 464 g/mol. The number of hydrogen-bond acceptors (Lipinski definition) is 6. The highest BCUT2D eigenvalue weighted by molar-refractivity contribution is 5.93. The van der Waals surface area contributed by atoms with Crippen molar-refractivity contribution in [3.05, 3.63) is 99.9 Å². The van der Waals surface area contributed by atoms with Crippen LogP contribution >= 0.6 is 0 Å². The van der Waals surface area contributed by atoms with Crippen LogP contribution in [0.1, 0.15) is 24.0 Å². The molecule has 0 aliphatic carbocycles. The highest BCUT2D eigenvalue weighted by Gasteiger charge is 2.07. The molecule has 0 saturated carbocycles. The number of ether oxygens (including phenoxy) is 1. The van der Waals surface area contributed by atoms with Crippen molar-refractivity contribution < 1.29 is 23.6 Å². The lowest BCUT2D eigenvalue weighted by Crippen LogP contribution is -2.20. The van der Waals surface area contributed by atoms with Crippen LogP contribution in [0.15, 0.2) is 77.9 Å². The van der Waals surface area contributed by atoms with Gasteiger partial charge in [0.05, 0.1) is 11.1 Å². The molecule has 9 nitrogen and oxygen atoms in total. The predicted molar refractivity (Wildman–Crippen MR) is 124 cm³/mol. The van der Waals surface area contributed by atoms with Crippen LogP contribution in [0.4, 0.5) is 15.8 Å². The number of hydrogen-bond donors (Lipinski definition) is 2. The summed E-state index contributed by atoms with van der Waals surface area (Å²) in [6, 6.07) is 18.4. The number of halogens is 1. The van der Waals surface area contributed by atoms with Gasteiger partial charge in [-0.05, 0) is 71.8 Å². The Morgan fingerprint density at radius 2 is 1.59 bits per heavy atom. The quantitative estimate of drug-likeness (QED) is 0.265. The number of carbonyl (C=O) groups is 2. The van der Waals surface area contributed by atoms with E-state index in [0.717, 1.165) is 11.1 Å². The second-order valence-corrected chi connectivity index (χ2v) is 7.13. The third-order valence-corrected chi connectivity index (χ3v) is 4.54. The van der Waals surface area contributed by atoms with E-state index < -0.39 is 16.6 Å². The van der Waals surface area contributed by atoms with Crippen molar-refractivity contribution in [2.45, 2.75) is 19.4 Å². The van der Waals surface area contributed by atoms with Gasteiger partial charge in [-0.1, -0.05) is 0 Å². The molecule has 3 aromatic carbocycles. The number of rotatable bonds is 10. The zero-order valence-corrected chi connectivity index (χ0v) is 17.9. The molecule has 34 heavy (non-hydrogen) atoms. The lowest BCUT2D eigenvalue weighted by atomic mass is 10.2. The minimum Gasteiger partial charge on any atom is -0.489 e. The summed E-state index contributed by atoms with van der Waals surface area (Å²) in [7, 11) is 0. The van der Waals surface area contributed by atoms with Crippen molar-refractivity contribution in [3.63, 3.8) is 0 Å². The Labute approximate surface area is 194 Å². The van der Waals surface area contributed by atoms with Gasteiger partial charge in [0, 0.05) is 30.7 Å². The van der Waals surface area contributed by atoms with Crippen molar-refractivity contribution in [1.29, 1.82) is 0 Å². The molecule has 3 aromatic rings. The van der Waals surface area contributed by atoms with Crippen LogP contribution in [0.5, 0.6) is 5.75 Å². The van der Waals surface area contributed by atoms with E-state index in [2.05, 4.69) is 15.8 Å². The third-order valence-electron chi connectivity index (χ3n) is 4.54. The number of nitro groups is 1. The first-order chi connectivity index (χ1) is 16.4. The molecule has 0 unspecified atom stereocenters. The van der Waals surface area contributed by atoms with Gasteiger partial charge in [-0.15, -0.1) is 0 Å². The standard InChI is InChI=1S/C24H21FN4O5/c25-19-5-7-20(8-6-19)27-23(30)13-14-24(31)28-26-15-17-3-11-22(12-4-17)34-16-18-1-9-21(10-2-18)29(32)33/h1-12,15H,13-14,16H2,(H,27,30)(H,28,31). The first-order valence-corrected chi connectivity index (χ1v) is 10.2. The minimum atomic E-state index is -0.458. The summed E-state index contributed by atoms with van der Waals surface area (Å²) >= 11 is 0. The zero-order chi connectivity index (χ0) is 24.3. The summed E-state index contributed by atoms with van der Waals surface area (Å²) in [5.74, 6) is -0.588. The summed E-state index contributed by atoms with van der Waals surface area (Å²) in [6.45, 7) is 0.260. The fourth-order valence-electron chi connectivity index (χ4n) is 2.75. The van der Waals surface area contributed by atoms with Crippen molar-refractivity contribution in [2.24, 2.45) is 5.10 Å². The largest absolute Gasteiger partial charge is 0.489 e. The maximum absolute atomic E-state index is 12.9. The number of nitrogens with zero attached hydrogens (tertiary/aromatic N) is 2. The van der Waals surface area contributed by atoms with Gasteiger partial charge in [-0.25, -0.2) is 9.82 Å². The Morgan fingerprint density at radius 1 is 0.941 bits per heavy atom. The lowest BCUT2D eigenvalue weighted by Gasteiger charge is -2.06. The zero-order valence-electron chi connectivity index (χ0n) is 17.9. The van der Waals surface area contributed by atoms with Crippen molar-refractivity contribution in [1.82, 2.24) is 5.43 Å². The van der Waals surface area contributed by atoms with Crippen LogP contribution in [0.3, 0.4) is 0 Å². The van der Waals surface area contributed by atoms with Crippen molar-refractivity contribution in [3.8, 4) is 5.75 Å². The Kier molecular flexibility index (Phi) is 8.39. The average molecular weight is 464 g/mol. The van der Waals surface area contributed by atoms with Gasteiger partial charge in [-0.2, -0.15) is 5.10 Å². The summed E-state index contributed by atoms with van der Waals surface area (Å²) in [5, 5.41) is 17.1. The molecule has 0 heterocycles. The summed E-state index contributed by atoms with van der Waals surface area (Å²) < 4.78 is 18.5. The maximum Gasteiger partial charge on any atom is 0.269 e. The van der Waals surface area contributed by atoms with E-state index in [-0.39, 0.29) is 31.0 Å². The molecule has 0 fully saturated rings. The molecule has 2 amide bonds. The SMILES string of the molecule is O=C(CCC(=O)Nc1ccc(F)cc1)NN=Cc1ccc(OCc2ccc([N+](=O)[O-])cc2)cc1. The Balaban J connectivity index is 1.37. The molecule has 0 aliphatic heterocycles. The molecule has 0 saturated heterocycles. The second-order valence-electron chi connectivity index (χ2n) is 7.13. The van der Waals surface area contributed by atoms with Gasteiger partial charge in [0.25, 0.3) is 5.69 Å². The van der Waals surface area contributed by atoms with E-state index in [9.17, 15) is 24.1 Å². The first kappa shape index (κ1) is 24.1. The molecule has 3 rings (SSSR count). The molecule has 0 aliphatic rings. The van der Waals surface area contributed by atoms with Crippen LogP contribution < -0.4 is 15.5 Å². The molecule has 0 radical (unpaired) electrons. The van der Waals surface area contributed by atoms with Gasteiger partial charge in [-0.3, -0.25) is 19.7 Å². The average Bonchev–Trinajstić information content (AvgIpc) is 2.84. The summed E-state index contributed by atoms with van der Waals surface area (Å²) in [6.07, 6.45) is 1.36. The lowest BCUT2D eigenvalue weighted by molar-refractivity contribution is -0.384. The molecule has 10 heteroatoms. The number of anilines is 1. The third kappa shape index (κ3) is 7.83. The first-order valence-electron chi connectivity index (χ1n) is 10.2. The smallest absolute Gasteiger partial charge is 0.269 e. The Hall–Kier alpha value is -4.60. The molecule has 0 bridgehead atoms. The minimum absolute atomic E-state index is 0.0211. The van der Waals surface area contributed by atoms with Crippen LogP contribution in [0.2, 0.25) is 0 Å². The number of carbonyl (C=O) groups excluding carboxylic acids is 2. The van der Waals surface area contributed by atoms with Gasteiger partial charge in [0.1, 0.15) is 18.2 Å². The topological polar surface area (TPSA) is 123 Å². The van der Waals surface area contributed by atoms with E-state index >= 15 is 0 Å². The van der Waals surface area contributed by atoms with Crippen LogP contribution in [-0.4, -0.2) is 23.0 Å². The molecule has 0 aromatic heterocycles. The van der Waals surface area contributed by atoms with Gasteiger partial charge in [0.2, 0.25) is 11.8 Å². The number of nitrogens with one attached hydrogen (secondary N) is 2. The predicted octanol–water partition coefficient (Wildman–Crippen LogP) is 4.18. The number of nitro benzene ring substituents is 1. The summed E-state index contributed by atoms with van der Waals surface area (Å²) in [4.78, 5) is 33.9. The molecule has 0 spiro atoms. The molecule has 2 N–H and O–H groups in total. The fraction of sp³-hybridized carbons (Fsp3) is 0.125. The number of amides is 2. The van der Waals surface area contributed by atoms with Crippen molar-refractivity contribution >= 4 is 29.4 Å². The van der Waals surface area contributed by atoms with Crippen LogP contribution in [-0.2, 0) is 16.2 Å². The van der Waals surface area contributed by atoms with E-state index in [1.807, 2.05) is 0 Å². The van der Waals surface area contributed by atoms with Gasteiger partial charge >= 0.3 is 0 Å². The van der Waals surface area contributed by atoms with Gasteiger partial charge in [0.15, 0.2) is 0 Å². The number of benzene rings is 3. The van der Waals surface area contributed by atoms with Gasteiger partial charge < -0.3 is 10.1 Å².